The summed E-state index contributed by atoms with van der Waals surface area (Å²) in [5.41, 5.74) is 3.41. The van der Waals surface area contributed by atoms with Crippen molar-refractivity contribution in [3.05, 3.63) is 146 Å². The first-order chi connectivity index (χ1) is 29.4. The molecule has 0 saturated carbocycles. The van der Waals surface area contributed by atoms with Gasteiger partial charge in [0.2, 0.25) is 0 Å². The maximum Gasteiger partial charge on any atom is 0.183 e. The molecular formula is C48H47Cl4IN4O3S3. The predicted octanol–water partition coefficient (Wildman–Crippen LogP) is 15.5. The minimum Gasteiger partial charge on any atom is -0.256 e. The van der Waals surface area contributed by atoms with Crippen molar-refractivity contribution in [3.8, 4) is 0 Å². The average molecular weight is 1090 g/mol. The summed E-state index contributed by atoms with van der Waals surface area (Å²) < 4.78 is 37.2. The lowest BCUT2D eigenvalue weighted by atomic mass is 10.2. The third-order valence-corrected chi connectivity index (χ3v) is 16.3. The summed E-state index contributed by atoms with van der Waals surface area (Å²) in [6.45, 7) is 17.5. The Kier molecular flexibility index (Phi) is 17.0. The highest BCUT2D eigenvalue weighted by atomic mass is 127. The average Bonchev–Trinajstić information content (AvgIpc) is 3.21. The Bertz CT molecular complexity index is 3060. The Morgan fingerprint density at radius 1 is 0.524 bits per heavy atom. The third-order valence-electron chi connectivity index (χ3n) is 8.94. The van der Waals surface area contributed by atoms with Crippen LogP contribution in [-0.2, 0) is 20.6 Å². The van der Waals surface area contributed by atoms with Crippen LogP contribution >= 0.6 is 80.8 Å². The van der Waals surface area contributed by atoms with Gasteiger partial charge >= 0.3 is 0 Å². The Hall–Kier alpha value is -3.14. The topological polar surface area (TPSA) is 103 Å². The van der Waals surface area contributed by atoms with Crippen molar-refractivity contribution in [2.45, 2.75) is 91.2 Å². The molecule has 0 N–H and O–H groups in total. The molecule has 4 aromatic carbocycles. The van der Waals surface area contributed by atoms with Gasteiger partial charge in [0, 0.05) is 69.2 Å². The summed E-state index contributed by atoms with van der Waals surface area (Å²) in [7, 11) is -4.42. The lowest BCUT2D eigenvalue weighted by Gasteiger charge is -2.19. The Morgan fingerprint density at radius 3 is 1.37 bits per heavy atom. The lowest BCUT2D eigenvalue weighted by molar-refractivity contribution is 0.560. The molecule has 1 unspecified atom stereocenters. The van der Waals surface area contributed by atoms with Gasteiger partial charge in [0.15, 0.2) is 9.84 Å². The number of thioether (sulfide) groups is 1. The van der Waals surface area contributed by atoms with Crippen molar-refractivity contribution in [1.29, 1.82) is 0 Å². The second kappa shape index (κ2) is 21.0. The number of halogens is 5. The fourth-order valence-electron chi connectivity index (χ4n) is 5.77. The summed E-state index contributed by atoms with van der Waals surface area (Å²) in [5.74, 6) is 0. The van der Waals surface area contributed by atoms with E-state index in [2.05, 4.69) is 75.4 Å². The second-order valence-corrected chi connectivity index (χ2v) is 26.8. The van der Waals surface area contributed by atoms with Crippen molar-refractivity contribution < 1.29 is 12.6 Å². The zero-order valence-corrected chi connectivity index (χ0v) is 43.8. The van der Waals surface area contributed by atoms with Crippen LogP contribution in [0, 0.1) is 3.57 Å². The van der Waals surface area contributed by atoms with E-state index >= 15 is 0 Å². The molecule has 0 spiro atoms. The van der Waals surface area contributed by atoms with Gasteiger partial charge in [-0.05, 0) is 161 Å². The molecule has 0 aliphatic heterocycles. The van der Waals surface area contributed by atoms with Gasteiger partial charge in [0.1, 0.15) is 0 Å². The van der Waals surface area contributed by atoms with Crippen LogP contribution in [0.25, 0.3) is 43.6 Å². The normalized spacial score (nSPS) is 12.5. The summed E-state index contributed by atoms with van der Waals surface area (Å²) in [4.78, 5) is 19.1. The number of nitrogens with zero attached hydrogens (tertiary/aromatic N) is 4. The maximum atomic E-state index is 12.3. The fraction of sp³-hybridized carbons (Fsp3) is 0.250. The lowest BCUT2D eigenvalue weighted by Crippen LogP contribution is -2.27. The summed E-state index contributed by atoms with van der Waals surface area (Å²) >= 11 is 28.4. The molecule has 15 heteroatoms. The number of sulfone groups is 1. The molecule has 0 aliphatic carbocycles. The van der Waals surface area contributed by atoms with Crippen LogP contribution in [0.5, 0.6) is 0 Å². The molecule has 0 aliphatic rings. The van der Waals surface area contributed by atoms with Crippen LogP contribution in [0.4, 0.5) is 0 Å². The maximum absolute atomic E-state index is 12.3. The predicted molar refractivity (Wildman–Crippen MR) is 278 cm³/mol. The number of hydrogen-bond donors (Lipinski definition) is 0. The van der Waals surface area contributed by atoms with Crippen LogP contribution in [0.3, 0.4) is 0 Å². The minimum atomic E-state index is -3.37. The van der Waals surface area contributed by atoms with Gasteiger partial charge in [0.25, 0.3) is 0 Å². The molecule has 7 nitrogen and oxygen atoms in total. The molecule has 0 radical (unpaired) electrons. The van der Waals surface area contributed by atoms with Crippen molar-refractivity contribution in [2.75, 3.05) is 0 Å². The van der Waals surface area contributed by atoms with E-state index in [1.54, 1.807) is 82.0 Å². The van der Waals surface area contributed by atoms with Crippen molar-refractivity contribution in [2.24, 2.45) is 0 Å². The van der Waals surface area contributed by atoms with Crippen molar-refractivity contribution in [1.82, 2.24) is 19.9 Å². The van der Waals surface area contributed by atoms with E-state index in [1.165, 1.54) is 8.47 Å². The molecule has 63 heavy (non-hydrogen) atoms. The van der Waals surface area contributed by atoms with Gasteiger partial charge in [-0.1, -0.05) is 67.2 Å². The number of fused-ring (bicyclic) bond motifs is 4. The van der Waals surface area contributed by atoms with E-state index in [-0.39, 0.29) is 14.4 Å². The number of pyridine rings is 4. The Labute approximate surface area is 410 Å². The first kappa shape index (κ1) is 50.9. The first-order valence-electron chi connectivity index (χ1n) is 19.5. The molecule has 8 rings (SSSR count). The van der Waals surface area contributed by atoms with E-state index in [1.807, 2.05) is 81.1 Å². The van der Waals surface area contributed by atoms with E-state index in [0.29, 0.717) is 20.9 Å². The molecule has 8 aromatic rings. The zero-order valence-electron chi connectivity index (χ0n) is 36.2. The molecule has 0 amide bonds. The largest absolute Gasteiger partial charge is 0.256 e. The monoisotopic (exact) mass is 1090 g/mol. The number of benzene rings is 4. The van der Waals surface area contributed by atoms with Gasteiger partial charge in [0.05, 0.1) is 62.6 Å². The van der Waals surface area contributed by atoms with Crippen LogP contribution in [0.15, 0.2) is 137 Å². The molecule has 4 aromatic heterocycles. The number of aromatic nitrogens is 4. The Balaban J connectivity index is 0.000000160. The number of hydrogen-bond acceptors (Lipinski definition) is 8. The molecule has 0 saturated heterocycles. The Morgan fingerprint density at radius 2 is 0.921 bits per heavy atom. The van der Waals surface area contributed by atoms with Gasteiger partial charge in [-0.2, -0.15) is 0 Å². The molecule has 330 valence electrons. The standard InChI is InChI=1S/C13H14ClNO2S.C13H14ClNOS.C13H14ClNS.C9H5ClIN/c1-13(2,3)18(16,17)9-4-5-12-10(8-9)11(14)6-7-15-12;1-13(2,3)17(16)9-4-5-12-10(8-9)11(14)6-7-15-12;1-13(2,3)16-9-4-5-12-10(8-9)11(14)6-7-15-12;10-8-3-4-12-9-2-1-6(11)5-7(8)9/h4-8H,1-3H3;4-8H,1-3H3;4-8H,1-3H3;1-5H. The van der Waals surface area contributed by atoms with Crippen molar-refractivity contribution >= 4 is 145 Å². The molecule has 0 fully saturated rings. The summed E-state index contributed by atoms with van der Waals surface area (Å²) in [6.07, 6.45) is 6.73. The minimum absolute atomic E-state index is 0.211. The smallest absolute Gasteiger partial charge is 0.183 e. The molecular weight excluding hydrogens is 1050 g/mol. The summed E-state index contributed by atoms with van der Waals surface area (Å²) in [6, 6.07) is 29.7. The highest BCUT2D eigenvalue weighted by Crippen LogP contribution is 2.35. The second-order valence-electron chi connectivity index (χ2n) is 17.1. The van der Waals surface area contributed by atoms with Crippen LogP contribution in [0.2, 0.25) is 20.1 Å². The zero-order chi connectivity index (χ0) is 46.5. The van der Waals surface area contributed by atoms with Crippen LogP contribution in [-0.4, -0.2) is 46.8 Å². The number of rotatable bonds is 3. The molecule has 0 bridgehead atoms. The summed E-state index contributed by atoms with van der Waals surface area (Å²) in [5, 5.41) is 6.23. The van der Waals surface area contributed by atoms with E-state index in [0.717, 1.165) is 47.6 Å². The quantitative estimate of drug-likeness (QED) is 0.127. The van der Waals surface area contributed by atoms with Gasteiger partial charge in [-0.15, -0.1) is 11.8 Å². The van der Waals surface area contributed by atoms with E-state index in [4.69, 9.17) is 46.4 Å². The van der Waals surface area contributed by atoms with Gasteiger partial charge in [-0.3, -0.25) is 24.1 Å². The van der Waals surface area contributed by atoms with Crippen LogP contribution in [0.1, 0.15) is 62.3 Å². The van der Waals surface area contributed by atoms with E-state index < -0.39 is 25.4 Å². The highest BCUT2D eigenvalue weighted by Gasteiger charge is 2.31. The first-order valence-corrected chi connectivity index (χ1v) is 25.6. The SMILES string of the molecule is CC(C)(C)S(=O)(=O)c1ccc2nccc(Cl)c2c1.CC(C)(C)S(=O)c1ccc2nccc(Cl)c2c1.CC(C)(C)Sc1ccc2nccc(Cl)c2c1.Clc1ccnc2ccc(I)cc12. The van der Waals surface area contributed by atoms with Crippen molar-refractivity contribution in [3.63, 3.8) is 0 Å². The highest BCUT2D eigenvalue weighted by molar-refractivity contribution is 14.1. The van der Waals surface area contributed by atoms with Crippen LogP contribution < -0.4 is 0 Å². The fourth-order valence-corrected chi connectivity index (χ4v) is 10.5. The third kappa shape index (κ3) is 13.5. The van der Waals surface area contributed by atoms with Gasteiger partial charge < -0.3 is 0 Å². The molecule has 1 atom stereocenters. The van der Waals surface area contributed by atoms with E-state index in [9.17, 15) is 12.6 Å². The molecule has 4 heterocycles. The van der Waals surface area contributed by atoms with Gasteiger partial charge in [-0.25, -0.2) is 8.42 Å².